The molecular formula is C12H24N2O3. The zero-order chi connectivity index (χ0) is 13.6. The molecule has 0 aliphatic carbocycles. The van der Waals surface area contributed by atoms with Crippen LogP contribution in [0, 0.1) is 5.41 Å². The summed E-state index contributed by atoms with van der Waals surface area (Å²) in [6.45, 7) is 9.60. The van der Waals surface area contributed by atoms with E-state index in [0.717, 1.165) is 6.42 Å². The summed E-state index contributed by atoms with van der Waals surface area (Å²) in [6.07, 6.45) is 0.768. The Morgan fingerprint density at radius 3 is 2.12 bits per heavy atom. The molecule has 0 radical (unpaired) electrons. The van der Waals surface area contributed by atoms with Crippen molar-refractivity contribution in [2.24, 2.45) is 5.41 Å². The van der Waals surface area contributed by atoms with E-state index < -0.39 is 5.97 Å². The van der Waals surface area contributed by atoms with Crippen molar-refractivity contribution < 1.29 is 14.7 Å². The van der Waals surface area contributed by atoms with Crippen LogP contribution in [-0.2, 0) is 4.79 Å². The van der Waals surface area contributed by atoms with E-state index >= 15 is 0 Å². The van der Waals surface area contributed by atoms with Gasteiger partial charge in [0.1, 0.15) is 0 Å². The fourth-order valence-electron chi connectivity index (χ4n) is 1.27. The Bertz CT molecular complexity index is 271. The molecule has 0 saturated heterocycles. The molecule has 0 saturated carbocycles. The van der Waals surface area contributed by atoms with Crippen molar-refractivity contribution in [3.8, 4) is 0 Å². The largest absolute Gasteiger partial charge is 0.481 e. The second-order valence-electron chi connectivity index (χ2n) is 5.44. The van der Waals surface area contributed by atoms with Gasteiger partial charge in [0.15, 0.2) is 0 Å². The highest BCUT2D eigenvalue weighted by atomic mass is 16.4. The lowest BCUT2D eigenvalue weighted by atomic mass is 9.85. The SMILES string of the molecule is CCC(C)NC(=O)NC(CC(=O)O)C(C)(C)C. The quantitative estimate of drug-likeness (QED) is 0.692. The van der Waals surface area contributed by atoms with Gasteiger partial charge in [-0.2, -0.15) is 0 Å². The molecule has 0 aromatic rings. The van der Waals surface area contributed by atoms with Crippen LogP contribution in [0.2, 0.25) is 0 Å². The molecule has 2 unspecified atom stereocenters. The number of rotatable bonds is 5. The molecule has 0 aromatic carbocycles. The molecule has 0 fully saturated rings. The average molecular weight is 244 g/mol. The number of aliphatic carboxylic acids is 1. The van der Waals surface area contributed by atoms with Crippen LogP contribution in [0.15, 0.2) is 0 Å². The smallest absolute Gasteiger partial charge is 0.315 e. The summed E-state index contributed by atoms with van der Waals surface area (Å²) in [5.41, 5.74) is -0.287. The number of carbonyl (C=O) groups excluding carboxylic acids is 1. The summed E-state index contributed by atoms with van der Waals surface area (Å²) in [6, 6.07) is -0.606. The van der Waals surface area contributed by atoms with Crippen molar-refractivity contribution in [1.82, 2.24) is 10.6 Å². The Balaban J connectivity index is 4.44. The molecule has 0 aliphatic heterocycles. The summed E-state index contributed by atoms with van der Waals surface area (Å²) >= 11 is 0. The molecule has 0 heterocycles. The summed E-state index contributed by atoms with van der Waals surface area (Å²) in [7, 11) is 0. The highest BCUT2D eigenvalue weighted by molar-refractivity contribution is 5.76. The minimum absolute atomic E-state index is 0.0720. The molecular weight excluding hydrogens is 220 g/mol. The number of carbonyl (C=O) groups is 2. The number of carboxylic acid groups (broad SMARTS) is 1. The van der Waals surface area contributed by atoms with Gasteiger partial charge < -0.3 is 15.7 Å². The molecule has 0 aromatic heterocycles. The number of hydrogen-bond acceptors (Lipinski definition) is 2. The predicted octanol–water partition coefficient (Wildman–Crippen LogP) is 1.97. The number of hydrogen-bond donors (Lipinski definition) is 3. The van der Waals surface area contributed by atoms with Gasteiger partial charge in [0.05, 0.1) is 6.42 Å². The fraction of sp³-hybridized carbons (Fsp3) is 0.833. The maximum absolute atomic E-state index is 11.6. The van der Waals surface area contributed by atoms with E-state index in [1.54, 1.807) is 0 Å². The average Bonchev–Trinajstić information content (AvgIpc) is 2.14. The van der Waals surface area contributed by atoms with Gasteiger partial charge >= 0.3 is 12.0 Å². The summed E-state index contributed by atoms with van der Waals surface area (Å²) in [5, 5.41) is 14.3. The van der Waals surface area contributed by atoms with Crippen molar-refractivity contribution in [2.75, 3.05) is 0 Å². The maximum atomic E-state index is 11.6. The molecule has 0 spiro atoms. The van der Waals surface area contributed by atoms with Crippen LogP contribution in [0.5, 0.6) is 0 Å². The van der Waals surface area contributed by atoms with Crippen molar-refractivity contribution >= 4 is 12.0 Å². The van der Waals surface area contributed by atoms with Crippen LogP contribution in [0.1, 0.15) is 47.5 Å². The lowest BCUT2D eigenvalue weighted by Gasteiger charge is -2.30. The van der Waals surface area contributed by atoms with Gasteiger partial charge in [-0.15, -0.1) is 0 Å². The lowest BCUT2D eigenvalue weighted by Crippen LogP contribution is -2.50. The Morgan fingerprint density at radius 1 is 1.24 bits per heavy atom. The first-order chi connectivity index (χ1) is 7.66. The van der Waals surface area contributed by atoms with E-state index in [4.69, 9.17) is 5.11 Å². The molecule has 5 nitrogen and oxygen atoms in total. The van der Waals surface area contributed by atoms with Gasteiger partial charge in [-0.3, -0.25) is 4.79 Å². The predicted molar refractivity (Wildman–Crippen MR) is 66.9 cm³/mol. The van der Waals surface area contributed by atoms with Crippen LogP contribution in [-0.4, -0.2) is 29.2 Å². The van der Waals surface area contributed by atoms with Crippen LogP contribution < -0.4 is 10.6 Å². The summed E-state index contributed by atoms with van der Waals surface area (Å²) in [4.78, 5) is 22.4. The van der Waals surface area contributed by atoms with Crippen LogP contribution >= 0.6 is 0 Å². The van der Waals surface area contributed by atoms with E-state index in [0.29, 0.717) is 0 Å². The van der Waals surface area contributed by atoms with E-state index in [9.17, 15) is 9.59 Å². The molecule has 0 rings (SSSR count). The Hall–Kier alpha value is -1.26. The third kappa shape index (κ3) is 6.81. The van der Waals surface area contributed by atoms with Crippen LogP contribution in [0.25, 0.3) is 0 Å². The number of carboxylic acids is 1. The van der Waals surface area contributed by atoms with Crippen molar-refractivity contribution in [2.45, 2.75) is 59.5 Å². The van der Waals surface area contributed by atoms with E-state index in [1.807, 2.05) is 34.6 Å². The van der Waals surface area contributed by atoms with Gasteiger partial charge in [0.25, 0.3) is 0 Å². The molecule has 2 amide bonds. The summed E-state index contributed by atoms with van der Waals surface area (Å²) < 4.78 is 0. The number of nitrogens with one attached hydrogen (secondary N) is 2. The Kier molecular flexibility index (Phi) is 5.99. The van der Waals surface area contributed by atoms with Crippen molar-refractivity contribution in [3.05, 3.63) is 0 Å². The molecule has 0 aliphatic rings. The van der Waals surface area contributed by atoms with Crippen molar-refractivity contribution in [1.29, 1.82) is 0 Å². The normalized spacial score (nSPS) is 14.9. The Labute approximate surface area is 103 Å². The van der Waals surface area contributed by atoms with Crippen molar-refractivity contribution in [3.63, 3.8) is 0 Å². The van der Waals surface area contributed by atoms with Crippen LogP contribution in [0.4, 0.5) is 4.79 Å². The van der Waals surface area contributed by atoms with Gasteiger partial charge in [-0.1, -0.05) is 27.7 Å². The second-order valence-corrected chi connectivity index (χ2v) is 5.44. The Morgan fingerprint density at radius 2 is 1.76 bits per heavy atom. The zero-order valence-electron chi connectivity index (χ0n) is 11.3. The van der Waals surface area contributed by atoms with Gasteiger partial charge in [-0.25, -0.2) is 4.79 Å². The molecule has 2 atom stereocenters. The molecule has 0 bridgehead atoms. The van der Waals surface area contributed by atoms with E-state index in [-0.39, 0.29) is 30.0 Å². The zero-order valence-corrected chi connectivity index (χ0v) is 11.3. The monoisotopic (exact) mass is 244 g/mol. The lowest BCUT2D eigenvalue weighted by molar-refractivity contribution is -0.138. The topological polar surface area (TPSA) is 78.4 Å². The number of urea groups is 1. The fourth-order valence-corrected chi connectivity index (χ4v) is 1.27. The minimum Gasteiger partial charge on any atom is -0.481 e. The van der Waals surface area contributed by atoms with Gasteiger partial charge in [-0.05, 0) is 18.8 Å². The summed E-state index contributed by atoms with van der Waals surface area (Å²) in [5.74, 6) is -0.909. The maximum Gasteiger partial charge on any atom is 0.315 e. The third-order valence-corrected chi connectivity index (χ3v) is 2.72. The molecule has 17 heavy (non-hydrogen) atoms. The first-order valence-corrected chi connectivity index (χ1v) is 5.95. The van der Waals surface area contributed by atoms with E-state index in [2.05, 4.69) is 10.6 Å². The highest BCUT2D eigenvalue weighted by Crippen LogP contribution is 2.21. The third-order valence-electron chi connectivity index (χ3n) is 2.72. The molecule has 5 heteroatoms. The standard InChI is InChI=1S/C12H24N2O3/c1-6-8(2)13-11(17)14-9(7-10(15)16)12(3,4)5/h8-9H,6-7H2,1-5H3,(H,15,16)(H2,13,14,17). The van der Waals surface area contributed by atoms with Gasteiger partial charge in [0.2, 0.25) is 0 Å². The molecule has 3 N–H and O–H groups in total. The number of amides is 2. The highest BCUT2D eigenvalue weighted by Gasteiger charge is 2.28. The van der Waals surface area contributed by atoms with E-state index in [1.165, 1.54) is 0 Å². The first-order valence-electron chi connectivity index (χ1n) is 5.95. The first kappa shape index (κ1) is 15.7. The van der Waals surface area contributed by atoms with Gasteiger partial charge in [0, 0.05) is 12.1 Å². The van der Waals surface area contributed by atoms with Crippen LogP contribution in [0.3, 0.4) is 0 Å². The second kappa shape index (κ2) is 6.47. The minimum atomic E-state index is -0.909. The molecule has 100 valence electrons.